The lowest BCUT2D eigenvalue weighted by molar-refractivity contribution is 0.127. The average molecular weight is 230 g/mol. The molecule has 0 radical (unpaired) electrons. The lowest BCUT2D eigenvalue weighted by atomic mass is 10.1. The van der Waals surface area contributed by atoms with Crippen LogP contribution in [0.25, 0.3) is 0 Å². The average Bonchev–Trinajstić information content (AvgIpc) is 2.36. The maximum absolute atomic E-state index is 11.7. The highest BCUT2D eigenvalue weighted by Crippen LogP contribution is 2.12. The zero-order valence-corrected chi connectivity index (χ0v) is 9.47. The van der Waals surface area contributed by atoms with E-state index in [-0.39, 0.29) is 6.03 Å². The fourth-order valence-electron chi connectivity index (χ4n) is 1.86. The van der Waals surface area contributed by atoms with Gasteiger partial charge in [-0.3, -0.25) is 5.01 Å². The molecule has 0 bridgehead atoms. The minimum atomic E-state index is -0.138. The lowest BCUT2D eigenvalue weighted by Crippen LogP contribution is -2.52. The van der Waals surface area contributed by atoms with E-state index in [0.29, 0.717) is 18.7 Å². The Hall–Kier alpha value is -2.06. The summed E-state index contributed by atoms with van der Waals surface area (Å²) in [6, 6.07) is 9.16. The largest absolute Gasteiger partial charge is 0.334 e. The Bertz CT molecular complexity index is 449. The highest BCUT2D eigenvalue weighted by atomic mass is 16.2. The van der Waals surface area contributed by atoms with Gasteiger partial charge < -0.3 is 4.90 Å². The second-order valence-electron chi connectivity index (χ2n) is 4.06. The van der Waals surface area contributed by atoms with Gasteiger partial charge >= 0.3 is 6.03 Å². The van der Waals surface area contributed by atoms with Gasteiger partial charge in [0.1, 0.15) is 0 Å². The molecule has 0 saturated carbocycles. The molecule has 5 nitrogen and oxygen atoms in total. The first-order chi connectivity index (χ1) is 8.20. The van der Waals surface area contributed by atoms with Crippen LogP contribution in [0.4, 0.5) is 4.79 Å². The second-order valence-corrected chi connectivity index (χ2v) is 4.06. The van der Waals surface area contributed by atoms with E-state index in [4.69, 9.17) is 11.1 Å². The molecule has 1 aliphatic heterocycles. The van der Waals surface area contributed by atoms with Gasteiger partial charge in [-0.15, -0.1) is 0 Å². The number of amides is 2. The summed E-state index contributed by atoms with van der Waals surface area (Å²) in [6.45, 7) is 1.88. The summed E-state index contributed by atoms with van der Waals surface area (Å²) in [5, 5.41) is 9.93. The molecule has 88 valence electrons. The first-order valence-electron chi connectivity index (χ1n) is 5.51. The quantitative estimate of drug-likeness (QED) is 0.610. The Morgan fingerprint density at radius 3 is 2.65 bits per heavy atom. The zero-order chi connectivity index (χ0) is 12.3. The Morgan fingerprint density at radius 1 is 1.29 bits per heavy atom. The smallest absolute Gasteiger partial charge is 0.319 e. The second kappa shape index (κ2) is 4.85. The van der Waals surface area contributed by atoms with Crippen molar-refractivity contribution in [1.82, 2.24) is 9.91 Å². The van der Waals surface area contributed by atoms with Crippen LogP contribution in [0.1, 0.15) is 17.5 Å². The Kier molecular flexibility index (Phi) is 3.26. The summed E-state index contributed by atoms with van der Waals surface area (Å²) in [4.78, 5) is 13.4. The molecular weight excluding hydrogens is 216 g/mol. The molecule has 0 aromatic heterocycles. The van der Waals surface area contributed by atoms with Crippen LogP contribution in [0.5, 0.6) is 0 Å². The Morgan fingerprint density at radius 2 is 2.00 bits per heavy atom. The molecule has 2 rings (SSSR count). The van der Waals surface area contributed by atoms with Crippen LogP contribution in [-0.2, 0) is 6.54 Å². The number of benzene rings is 1. The SMILES string of the molecule is N#Cc1ccc(CN2CCCN(N)C2=O)cc1. The number of nitriles is 1. The number of nitrogens with two attached hydrogens (primary N) is 1. The molecule has 1 fully saturated rings. The van der Waals surface area contributed by atoms with Crippen molar-refractivity contribution >= 4 is 6.03 Å². The third-order valence-corrected chi connectivity index (χ3v) is 2.80. The van der Waals surface area contributed by atoms with E-state index in [9.17, 15) is 4.79 Å². The zero-order valence-electron chi connectivity index (χ0n) is 9.47. The van der Waals surface area contributed by atoms with Crippen LogP contribution in [0, 0.1) is 11.3 Å². The van der Waals surface area contributed by atoms with Crippen molar-refractivity contribution in [3.63, 3.8) is 0 Å². The minimum Gasteiger partial charge on any atom is -0.319 e. The molecule has 1 heterocycles. The number of carbonyl (C=O) groups excluding carboxylic acids is 1. The third-order valence-electron chi connectivity index (χ3n) is 2.80. The summed E-state index contributed by atoms with van der Waals surface area (Å²) in [7, 11) is 0. The van der Waals surface area contributed by atoms with Crippen molar-refractivity contribution in [2.24, 2.45) is 5.84 Å². The van der Waals surface area contributed by atoms with Gasteiger partial charge in [0.05, 0.1) is 11.6 Å². The van der Waals surface area contributed by atoms with Crippen LogP contribution < -0.4 is 5.84 Å². The lowest BCUT2D eigenvalue weighted by Gasteiger charge is -2.32. The number of hydrazine groups is 1. The van der Waals surface area contributed by atoms with Crippen molar-refractivity contribution < 1.29 is 4.79 Å². The molecule has 2 amide bonds. The molecule has 0 aliphatic carbocycles. The van der Waals surface area contributed by atoms with E-state index in [2.05, 4.69) is 6.07 Å². The van der Waals surface area contributed by atoms with Crippen LogP contribution in [-0.4, -0.2) is 29.0 Å². The summed E-state index contributed by atoms with van der Waals surface area (Å²) in [5.41, 5.74) is 1.63. The first kappa shape index (κ1) is 11.4. The van der Waals surface area contributed by atoms with E-state index in [1.54, 1.807) is 17.0 Å². The number of nitrogens with zero attached hydrogens (tertiary/aromatic N) is 3. The Balaban J connectivity index is 2.05. The number of hydrogen-bond acceptors (Lipinski definition) is 3. The predicted molar refractivity (Wildman–Crippen MR) is 62.5 cm³/mol. The van der Waals surface area contributed by atoms with Gasteiger partial charge in [-0.1, -0.05) is 12.1 Å². The minimum absolute atomic E-state index is 0.138. The molecule has 1 aliphatic rings. The number of rotatable bonds is 2. The van der Waals surface area contributed by atoms with Gasteiger partial charge in [-0.25, -0.2) is 10.6 Å². The molecule has 0 unspecified atom stereocenters. The number of hydrogen-bond donors (Lipinski definition) is 1. The highest BCUT2D eigenvalue weighted by molar-refractivity contribution is 5.74. The number of carbonyl (C=O) groups is 1. The van der Waals surface area contributed by atoms with Crippen molar-refractivity contribution in [3.8, 4) is 6.07 Å². The third kappa shape index (κ3) is 2.55. The van der Waals surface area contributed by atoms with Crippen molar-refractivity contribution in [2.45, 2.75) is 13.0 Å². The number of urea groups is 1. The van der Waals surface area contributed by atoms with Crippen molar-refractivity contribution in [3.05, 3.63) is 35.4 Å². The predicted octanol–water partition coefficient (Wildman–Crippen LogP) is 1.06. The molecule has 2 N–H and O–H groups in total. The van der Waals surface area contributed by atoms with E-state index < -0.39 is 0 Å². The summed E-state index contributed by atoms with van der Waals surface area (Å²) < 4.78 is 0. The van der Waals surface area contributed by atoms with Gasteiger partial charge in [0.15, 0.2) is 0 Å². The fourth-order valence-corrected chi connectivity index (χ4v) is 1.86. The molecule has 1 aromatic carbocycles. The van der Waals surface area contributed by atoms with Crippen LogP contribution in [0.15, 0.2) is 24.3 Å². The van der Waals surface area contributed by atoms with Crippen LogP contribution >= 0.6 is 0 Å². The molecule has 1 saturated heterocycles. The van der Waals surface area contributed by atoms with Crippen LogP contribution in [0.2, 0.25) is 0 Å². The molecular formula is C12H14N4O. The summed E-state index contributed by atoms with van der Waals surface area (Å²) in [6.07, 6.45) is 0.887. The Labute approximate surface area is 100.0 Å². The molecule has 1 aromatic rings. The topological polar surface area (TPSA) is 73.4 Å². The maximum Gasteiger partial charge on any atom is 0.334 e. The molecule has 17 heavy (non-hydrogen) atoms. The van der Waals surface area contributed by atoms with Gasteiger partial charge in [-0.05, 0) is 24.1 Å². The summed E-state index contributed by atoms with van der Waals surface area (Å²) >= 11 is 0. The van der Waals surface area contributed by atoms with Gasteiger partial charge in [0, 0.05) is 19.6 Å². The fraction of sp³-hybridized carbons (Fsp3) is 0.333. The molecule has 0 atom stereocenters. The van der Waals surface area contributed by atoms with E-state index >= 15 is 0 Å². The maximum atomic E-state index is 11.7. The van der Waals surface area contributed by atoms with Crippen LogP contribution in [0.3, 0.4) is 0 Å². The van der Waals surface area contributed by atoms with Gasteiger partial charge in [0.2, 0.25) is 0 Å². The standard InChI is InChI=1S/C12H14N4O/c13-8-10-2-4-11(5-3-10)9-15-6-1-7-16(14)12(15)17/h2-5H,1,6-7,9,14H2. The van der Waals surface area contributed by atoms with E-state index in [1.807, 2.05) is 12.1 Å². The molecule has 0 spiro atoms. The highest BCUT2D eigenvalue weighted by Gasteiger charge is 2.22. The van der Waals surface area contributed by atoms with E-state index in [1.165, 1.54) is 5.01 Å². The summed E-state index contributed by atoms with van der Waals surface area (Å²) in [5.74, 6) is 5.57. The van der Waals surface area contributed by atoms with Gasteiger partial charge in [-0.2, -0.15) is 5.26 Å². The van der Waals surface area contributed by atoms with E-state index in [0.717, 1.165) is 18.5 Å². The normalized spacial score (nSPS) is 15.9. The van der Waals surface area contributed by atoms with Crippen molar-refractivity contribution in [2.75, 3.05) is 13.1 Å². The van der Waals surface area contributed by atoms with Gasteiger partial charge in [0.25, 0.3) is 0 Å². The monoisotopic (exact) mass is 230 g/mol. The van der Waals surface area contributed by atoms with Crippen molar-refractivity contribution in [1.29, 1.82) is 5.26 Å². The molecule has 5 heteroatoms. The first-order valence-corrected chi connectivity index (χ1v) is 5.51.